The molecule has 0 spiro atoms. The molecule has 0 saturated heterocycles. The Morgan fingerprint density at radius 2 is 2.30 bits per heavy atom. The Morgan fingerprint density at radius 3 is 2.70 bits per heavy atom. The van der Waals surface area contributed by atoms with Crippen molar-refractivity contribution in [3.8, 4) is 0 Å². The minimum Gasteiger partial charge on any atom is -1.00 e. The number of nitrogens with one attached hydrogen (secondary N) is 1. The lowest BCUT2D eigenvalue weighted by Crippen LogP contribution is -3.00. The smallest absolute Gasteiger partial charge is 0.421 e. The zero-order valence-corrected chi connectivity index (χ0v) is 8.43. The van der Waals surface area contributed by atoms with Gasteiger partial charge in [-0.15, -0.1) is 0 Å². The van der Waals surface area contributed by atoms with Gasteiger partial charge in [0, 0.05) is 5.75 Å². The average molecular weight is 229 g/mol. The molecule has 0 atom stereocenters. The first-order valence-electron chi connectivity index (χ1n) is 3.01. The van der Waals surface area contributed by atoms with Crippen LogP contribution in [0.4, 0.5) is 4.79 Å². The van der Waals surface area contributed by atoms with E-state index in [1.165, 1.54) is 18.4 Å². The molecule has 0 heterocycles. The minimum atomic E-state index is -0.212. The van der Waals surface area contributed by atoms with E-state index in [-0.39, 0.29) is 23.0 Å². The first-order chi connectivity index (χ1) is 4.27. The number of amides is 2. The van der Waals surface area contributed by atoms with Gasteiger partial charge in [-0.3, -0.25) is 5.73 Å². The highest BCUT2D eigenvalue weighted by molar-refractivity contribution is 7.97. The second-order valence-electron chi connectivity index (χ2n) is 1.73. The third-order valence-corrected chi connectivity index (χ3v) is 1.65. The zero-order chi connectivity index (χ0) is 7.11. The lowest BCUT2D eigenvalue weighted by Gasteiger charge is -1.94. The van der Waals surface area contributed by atoms with E-state index < -0.39 is 0 Å². The van der Waals surface area contributed by atoms with Gasteiger partial charge in [-0.25, -0.2) is 9.52 Å². The SMILES string of the molecule is CCCCSNC([NH3+])=O.[Br-]. The molecule has 0 aliphatic rings. The van der Waals surface area contributed by atoms with Crippen LogP contribution in [0.1, 0.15) is 19.8 Å². The van der Waals surface area contributed by atoms with Crippen LogP contribution < -0.4 is 27.4 Å². The number of hydrogen-bond acceptors (Lipinski definition) is 2. The van der Waals surface area contributed by atoms with Gasteiger partial charge >= 0.3 is 6.03 Å². The summed E-state index contributed by atoms with van der Waals surface area (Å²) in [5, 5.41) is 0. The second kappa shape index (κ2) is 9.26. The summed E-state index contributed by atoms with van der Waals surface area (Å²) < 4.78 is 2.55. The number of carbonyl (C=O) groups is 1. The summed E-state index contributed by atoms with van der Waals surface area (Å²) in [4.78, 5) is 10.2. The Labute approximate surface area is 76.0 Å². The van der Waals surface area contributed by atoms with Crippen LogP contribution in [0, 0.1) is 0 Å². The van der Waals surface area contributed by atoms with Crippen molar-refractivity contribution in [3.63, 3.8) is 0 Å². The van der Waals surface area contributed by atoms with Crippen molar-refractivity contribution in [1.82, 2.24) is 4.72 Å². The Kier molecular flexibility index (Phi) is 11.9. The monoisotopic (exact) mass is 228 g/mol. The normalized spacial score (nSPS) is 8.20. The van der Waals surface area contributed by atoms with Crippen LogP contribution in [0.15, 0.2) is 0 Å². The standard InChI is InChI=1S/C5H12N2OS.BrH/c1-2-3-4-9-7-5(6)8;/h2-4H2,1H3,(H3,6,7,8);1H. The second-order valence-corrected chi connectivity index (χ2v) is 2.63. The van der Waals surface area contributed by atoms with Gasteiger partial charge in [0.2, 0.25) is 0 Å². The van der Waals surface area contributed by atoms with Crippen LogP contribution >= 0.6 is 11.9 Å². The van der Waals surface area contributed by atoms with Crippen LogP contribution in [-0.4, -0.2) is 11.8 Å². The topological polar surface area (TPSA) is 56.7 Å². The molecule has 0 rings (SSSR count). The first kappa shape index (κ1) is 12.9. The molecular formula is C5H13BrN2OS. The Morgan fingerprint density at radius 1 is 1.70 bits per heavy atom. The third kappa shape index (κ3) is 11.1. The molecule has 2 amide bonds. The van der Waals surface area contributed by atoms with Crippen LogP contribution in [0.2, 0.25) is 0 Å². The van der Waals surface area contributed by atoms with Gasteiger partial charge < -0.3 is 17.0 Å². The van der Waals surface area contributed by atoms with E-state index in [0.29, 0.717) is 0 Å². The van der Waals surface area contributed by atoms with E-state index in [0.717, 1.165) is 12.2 Å². The maximum Gasteiger partial charge on any atom is 0.421 e. The predicted molar refractivity (Wildman–Crippen MR) is 38.8 cm³/mol. The van der Waals surface area contributed by atoms with Crippen molar-refractivity contribution in [1.29, 1.82) is 0 Å². The molecular weight excluding hydrogens is 216 g/mol. The summed E-state index contributed by atoms with van der Waals surface area (Å²) in [7, 11) is 0. The molecule has 0 radical (unpaired) electrons. The van der Waals surface area contributed by atoms with Crippen LogP contribution in [0.25, 0.3) is 0 Å². The predicted octanol–water partition coefficient (Wildman–Crippen LogP) is -2.61. The van der Waals surface area contributed by atoms with E-state index in [9.17, 15) is 4.79 Å². The Balaban J connectivity index is 0. The maximum atomic E-state index is 10.2. The van der Waals surface area contributed by atoms with Crippen molar-refractivity contribution >= 4 is 18.0 Å². The fourth-order valence-electron chi connectivity index (χ4n) is 0.348. The lowest BCUT2D eigenvalue weighted by atomic mass is 10.4. The Hall–Kier alpha value is 0.260. The molecule has 0 aliphatic carbocycles. The Bertz CT molecular complexity index is 91.7. The van der Waals surface area contributed by atoms with Gasteiger partial charge in [0.1, 0.15) is 0 Å². The molecule has 0 aromatic heterocycles. The van der Waals surface area contributed by atoms with Gasteiger partial charge in [0.15, 0.2) is 0 Å². The highest BCUT2D eigenvalue weighted by atomic mass is 79.9. The average Bonchev–Trinajstić information content (AvgIpc) is 1.80. The zero-order valence-electron chi connectivity index (χ0n) is 6.02. The van der Waals surface area contributed by atoms with E-state index in [4.69, 9.17) is 0 Å². The number of urea groups is 1. The quantitative estimate of drug-likeness (QED) is 0.410. The maximum absolute atomic E-state index is 10.2. The molecule has 0 bridgehead atoms. The first-order valence-corrected chi connectivity index (χ1v) is 3.99. The molecule has 0 unspecified atom stereocenters. The third-order valence-electron chi connectivity index (χ3n) is 0.786. The fraction of sp³-hybridized carbons (Fsp3) is 0.800. The van der Waals surface area contributed by atoms with Crippen LogP contribution in [0.3, 0.4) is 0 Å². The van der Waals surface area contributed by atoms with Gasteiger partial charge in [0.25, 0.3) is 0 Å². The number of unbranched alkanes of at least 4 members (excludes halogenated alkanes) is 1. The summed E-state index contributed by atoms with van der Waals surface area (Å²) in [6.07, 6.45) is 2.31. The van der Waals surface area contributed by atoms with E-state index in [1.807, 2.05) is 0 Å². The fourth-order valence-corrected chi connectivity index (χ4v) is 1.04. The number of hydrogen-bond donors (Lipinski definition) is 2. The largest absolute Gasteiger partial charge is 1.00 e. The van der Waals surface area contributed by atoms with E-state index >= 15 is 0 Å². The number of rotatable bonds is 4. The van der Waals surface area contributed by atoms with E-state index in [2.05, 4.69) is 17.4 Å². The van der Waals surface area contributed by atoms with Crippen molar-refractivity contribution in [2.75, 3.05) is 5.75 Å². The van der Waals surface area contributed by atoms with E-state index in [1.54, 1.807) is 0 Å². The van der Waals surface area contributed by atoms with Crippen LogP contribution in [0.5, 0.6) is 0 Å². The summed E-state index contributed by atoms with van der Waals surface area (Å²) >= 11 is 1.42. The molecule has 10 heavy (non-hydrogen) atoms. The molecule has 0 fully saturated rings. The molecule has 0 aliphatic heterocycles. The van der Waals surface area contributed by atoms with Crippen molar-refractivity contribution in [2.24, 2.45) is 0 Å². The summed E-state index contributed by atoms with van der Waals surface area (Å²) in [5.74, 6) is 0.984. The molecule has 3 nitrogen and oxygen atoms in total. The van der Waals surface area contributed by atoms with Gasteiger partial charge in [-0.2, -0.15) is 0 Å². The highest BCUT2D eigenvalue weighted by Crippen LogP contribution is 1.97. The molecule has 5 heteroatoms. The van der Waals surface area contributed by atoms with Gasteiger partial charge in [-0.05, 0) is 18.4 Å². The summed E-state index contributed by atoms with van der Waals surface area (Å²) in [5.41, 5.74) is 3.17. The van der Waals surface area contributed by atoms with Gasteiger partial charge in [-0.1, -0.05) is 13.3 Å². The molecule has 62 valence electrons. The van der Waals surface area contributed by atoms with Gasteiger partial charge in [0.05, 0.1) is 0 Å². The molecule has 0 aromatic carbocycles. The van der Waals surface area contributed by atoms with Crippen LogP contribution in [-0.2, 0) is 0 Å². The van der Waals surface area contributed by atoms with Crippen molar-refractivity contribution in [3.05, 3.63) is 0 Å². The molecule has 0 aromatic rings. The van der Waals surface area contributed by atoms with Crippen molar-refractivity contribution in [2.45, 2.75) is 19.8 Å². The van der Waals surface area contributed by atoms with Crippen molar-refractivity contribution < 1.29 is 27.5 Å². The highest BCUT2D eigenvalue weighted by Gasteiger charge is 1.92. The summed E-state index contributed by atoms with van der Waals surface area (Å²) in [6.45, 7) is 2.12. The summed E-state index contributed by atoms with van der Waals surface area (Å²) in [6, 6.07) is -0.212. The minimum absolute atomic E-state index is 0. The number of quaternary nitrogens is 1. The molecule has 0 saturated carbocycles. The number of carbonyl (C=O) groups excluding carboxylic acids is 1. The molecule has 4 N–H and O–H groups in total. The lowest BCUT2D eigenvalue weighted by molar-refractivity contribution is -0.247. The number of halogens is 1.